The zero-order valence-corrected chi connectivity index (χ0v) is 15.6. The molecule has 0 aliphatic carbocycles. The van der Waals surface area contributed by atoms with E-state index in [1.165, 1.54) is 17.8 Å². The molecule has 0 radical (unpaired) electrons. The second kappa shape index (κ2) is 7.45. The number of morpholine rings is 1. The first-order chi connectivity index (χ1) is 13.2. The second-order valence-electron chi connectivity index (χ2n) is 6.64. The number of benzene rings is 2. The van der Waals surface area contributed by atoms with Crippen molar-refractivity contribution in [3.63, 3.8) is 0 Å². The van der Waals surface area contributed by atoms with Crippen molar-refractivity contribution in [1.82, 2.24) is 4.57 Å². The first kappa shape index (κ1) is 17.6. The predicted octanol–water partition coefficient (Wildman–Crippen LogP) is 4.44. The Morgan fingerprint density at radius 3 is 2.26 bits per heavy atom. The molecule has 3 aromatic rings. The lowest BCUT2D eigenvalue weighted by molar-refractivity contribution is 0.122. The molecule has 2 aromatic carbocycles. The predicted molar refractivity (Wildman–Crippen MR) is 105 cm³/mol. The third kappa shape index (κ3) is 3.43. The van der Waals surface area contributed by atoms with Gasteiger partial charge in [0, 0.05) is 24.5 Å². The van der Waals surface area contributed by atoms with Crippen LogP contribution in [0.2, 0.25) is 0 Å². The molecule has 1 aromatic heterocycles. The standard InChI is InChI=1S/C22H23FN2O2/c1-16-21(24-11-13-27-14-12-24)15-22(17-3-9-20(26-2)10-4-17)25(16)19-7-5-18(23)6-8-19/h3-10,15H,11-14H2,1-2H3. The Balaban J connectivity index is 1.85. The van der Waals surface area contributed by atoms with Crippen LogP contribution in [0, 0.1) is 12.7 Å². The van der Waals surface area contributed by atoms with Gasteiger partial charge in [-0.15, -0.1) is 0 Å². The monoisotopic (exact) mass is 366 g/mol. The molecule has 0 atom stereocenters. The SMILES string of the molecule is COc1ccc(-c2cc(N3CCOCC3)c(C)n2-c2ccc(F)cc2)cc1. The van der Waals surface area contributed by atoms with Gasteiger partial charge in [-0.3, -0.25) is 0 Å². The lowest BCUT2D eigenvalue weighted by Gasteiger charge is -2.28. The van der Waals surface area contributed by atoms with Gasteiger partial charge in [0.25, 0.3) is 0 Å². The van der Waals surface area contributed by atoms with Gasteiger partial charge in [-0.1, -0.05) is 0 Å². The summed E-state index contributed by atoms with van der Waals surface area (Å²) in [5, 5.41) is 0. The second-order valence-corrected chi connectivity index (χ2v) is 6.64. The van der Waals surface area contributed by atoms with Crippen molar-refractivity contribution >= 4 is 5.69 Å². The molecule has 4 nitrogen and oxygen atoms in total. The van der Waals surface area contributed by atoms with Crippen LogP contribution in [-0.4, -0.2) is 38.0 Å². The van der Waals surface area contributed by atoms with Gasteiger partial charge in [-0.2, -0.15) is 0 Å². The fourth-order valence-corrected chi connectivity index (χ4v) is 3.62. The van der Waals surface area contributed by atoms with Gasteiger partial charge in [0.15, 0.2) is 0 Å². The Kier molecular flexibility index (Phi) is 4.86. The van der Waals surface area contributed by atoms with Gasteiger partial charge in [0.2, 0.25) is 0 Å². The van der Waals surface area contributed by atoms with E-state index >= 15 is 0 Å². The van der Waals surface area contributed by atoms with Crippen LogP contribution < -0.4 is 9.64 Å². The van der Waals surface area contributed by atoms with Crippen LogP contribution in [0.4, 0.5) is 10.1 Å². The third-order valence-corrected chi connectivity index (χ3v) is 5.04. The molecular weight excluding hydrogens is 343 g/mol. The molecule has 0 N–H and O–H groups in total. The highest BCUT2D eigenvalue weighted by Gasteiger charge is 2.20. The van der Waals surface area contributed by atoms with Crippen molar-refractivity contribution in [1.29, 1.82) is 0 Å². The van der Waals surface area contributed by atoms with E-state index in [-0.39, 0.29) is 5.82 Å². The van der Waals surface area contributed by atoms with Crippen LogP contribution in [0.25, 0.3) is 16.9 Å². The highest BCUT2D eigenvalue weighted by molar-refractivity contribution is 5.72. The van der Waals surface area contributed by atoms with Gasteiger partial charge in [-0.25, -0.2) is 4.39 Å². The lowest BCUT2D eigenvalue weighted by Crippen LogP contribution is -2.36. The van der Waals surface area contributed by atoms with Crippen molar-refractivity contribution in [2.24, 2.45) is 0 Å². The summed E-state index contributed by atoms with van der Waals surface area (Å²) in [6, 6.07) is 16.9. The Labute approximate surface area is 158 Å². The molecule has 1 saturated heterocycles. The summed E-state index contributed by atoms with van der Waals surface area (Å²) in [6.07, 6.45) is 0. The zero-order chi connectivity index (χ0) is 18.8. The average Bonchev–Trinajstić information content (AvgIpc) is 3.06. The van der Waals surface area contributed by atoms with E-state index in [1.54, 1.807) is 7.11 Å². The average molecular weight is 366 g/mol. The Bertz CT molecular complexity index is 911. The van der Waals surface area contributed by atoms with E-state index < -0.39 is 0 Å². The number of hydrogen-bond acceptors (Lipinski definition) is 3. The highest BCUT2D eigenvalue weighted by atomic mass is 19.1. The fraction of sp³-hybridized carbons (Fsp3) is 0.273. The first-order valence-electron chi connectivity index (χ1n) is 9.13. The van der Waals surface area contributed by atoms with E-state index in [9.17, 15) is 4.39 Å². The summed E-state index contributed by atoms with van der Waals surface area (Å²) < 4.78 is 26.4. The topological polar surface area (TPSA) is 26.6 Å². The van der Waals surface area contributed by atoms with Crippen molar-refractivity contribution in [2.45, 2.75) is 6.92 Å². The van der Waals surface area contributed by atoms with E-state index in [2.05, 4.69) is 34.6 Å². The summed E-state index contributed by atoms with van der Waals surface area (Å²) in [4.78, 5) is 2.35. The number of anilines is 1. The summed E-state index contributed by atoms with van der Waals surface area (Å²) in [5.74, 6) is 0.590. The summed E-state index contributed by atoms with van der Waals surface area (Å²) in [7, 11) is 1.66. The normalized spacial score (nSPS) is 14.4. The molecule has 0 amide bonds. The number of ether oxygens (including phenoxy) is 2. The molecule has 4 rings (SSSR count). The minimum atomic E-state index is -0.233. The van der Waals surface area contributed by atoms with Crippen molar-refractivity contribution < 1.29 is 13.9 Å². The van der Waals surface area contributed by atoms with Crippen LogP contribution in [0.1, 0.15) is 5.69 Å². The molecule has 5 heteroatoms. The van der Waals surface area contributed by atoms with E-state index in [0.29, 0.717) is 0 Å². The zero-order valence-electron chi connectivity index (χ0n) is 15.6. The first-order valence-corrected chi connectivity index (χ1v) is 9.13. The minimum Gasteiger partial charge on any atom is -0.497 e. The molecule has 1 fully saturated rings. The molecule has 0 unspecified atom stereocenters. The van der Waals surface area contributed by atoms with Gasteiger partial charge in [-0.05, 0) is 67.1 Å². The lowest BCUT2D eigenvalue weighted by atomic mass is 10.1. The third-order valence-electron chi connectivity index (χ3n) is 5.04. The molecule has 1 aliphatic heterocycles. The highest BCUT2D eigenvalue weighted by Crippen LogP contribution is 2.35. The number of hydrogen-bond donors (Lipinski definition) is 0. The number of rotatable bonds is 4. The molecule has 0 saturated carbocycles. The minimum absolute atomic E-state index is 0.233. The number of aromatic nitrogens is 1. The van der Waals surface area contributed by atoms with Crippen LogP contribution >= 0.6 is 0 Å². The Morgan fingerprint density at radius 2 is 1.63 bits per heavy atom. The maximum Gasteiger partial charge on any atom is 0.123 e. The van der Waals surface area contributed by atoms with Crippen molar-refractivity contribution in [3.8, 4) is 22.7 Å². The molecule has 140 valence electrons. The molecule has 2 heterocycles. The van der Waals surface area contributed by atoms with Gasteiger partial charge < -0.3 is 18.9 Å². The quantitative estimate of drug-likeness (QED) is 0.683. The van der Waals surface area contributed by atoms with Crippen molar-refractivity contribution in [3.05, 3.63) is 66.1 Å². The van der Waals surface area contributed by atoms with Crippen LogP contribution in [-0.2, 0) is 4.74 Å². The maximum atomic E-state index is 13.5. The Hall–Kier alpha value is -2.79. The maximum absolute atomic E-state index is 13.5. The molecule has 0 spiro atoms. The van der Waals surface area contributed by atoms with Crippen LogP contribution in [0.15, 0.2) is 54.6 Å². The van der Waals surface area contributed by atoms with E-state index in [0.717, 1.165) is 54.7 Å². The molecule has 1 aliphatic rings. The number of nitrogens with zero attached hydrogens (tertiary/aromatic N) is 2. The fourth-order valence-electron chi connectivity index (χ4n) is 3.62. The largest absolute Gasteiger partial charge is 0.497 e. The van der Waals surface area contributed by atoms with E-state index in [4.69, 9.17) is 9.47 Å². The summed E-state index contributed by atoms with van der Waals surface area (Å²) in [5.41, 5.74) is 5.42. The summed E-state index contributed by atoms with van der Waals surface area (Å²) >= 11 is 0. The molecule has 27 heavy (non-hydrogen) atoms. The molecular formula is C22H23FN2O2. The smallest absolute Gasteiger partial charge is 0.123 e. The molecule has 0 bridgehead atoms. The summed E-state index contributed by atoms with van der Waals surface area (Å²) in [6.45, 7) is 5.33. The Morgan fingerprint density at radius 1 is 0.963 bits per heavy atom. The number of halogens is 1. The van der Waals surface area contributed by atoms with E-state index in [1.807, 2.05) is 24.3 Å². The van der Waals surface area contributed by atoms with Crippen molar-refractivity contribution in [2.75, 3.05) is 38.3 Å². The van der Waals surface area contributed by atoms with Gasteiger partial charge >= 0.3 is 0 Å². The van der Waals surface area contributed by atoms with Crippen LogP contribution in [0.5, 0.6) is 5.75 Å². The number of methoxy groups -OCH3 is 1. The van der Waals surface area contributed by atoms with Crippen LogP contribution in [0.3, 0.4) is 0 Å². The van der Waals surface area contributed by atoms with Gasteiger partial charge in [0.1, 0.15) is 11.6 Å². The van der Waals surface area contributed by atoms with Gasteiger partial charge in [0.05, 0.1) is 31.7 Å².